The maximum Gasteiger partial charge on any atom is 0.214 e. The first kappa shape index (κ1) is 17.5. The summed E-state index contributed by atoms with van der Waals surface area (Å²) in [6.07, 6.45) is 5.96. The molecule has 0 saturated heterocycles. The quantitative estimate of drug-likeness (QED) is 0.542. The highest BCUT2D eigenvalue weighted by Gasteiger charge is 2.22. The van der Waals surface area contributed by atoms with Crippen LogP contribution in [0, 0.1) is 5.82 Å². The third-order valence-electron chi connectivity index (χ3n) is 4.31. The van der Waals surface area contributed by atoms with E-state index in [1.54, 1.807) is 36.8 Å². The molecule has 9 heteroatoms. The molecule has 0 fully saturated rings. The molecule has 3 heterocycles. The van der Waals surface area contributed by atoms with Gasteiger partial charge in [-0.1, -0.05) is 24.2 Å². The lowest BCUT2D eigenvalue weighted by molar-refractivity contribution is 0.418. The highest BCUT2D eigenvalue weighted by atomic mass is 19.1. The molecule has 140 valence electrons. The van der Waals surface area contributed by atoms with E-state index in [0.717, 1.165) is 11.1 Å². The molecule has 3 aromatic heterocycles. The van der Waals surface area contributed by atoms with Gasteiger partial charge in [0.15, 0.2) is 0 Å². The van der Waals surface area contributed by atoms with Crippen LogP contribution in [-0.2, 0) is 0 Å². The summed E-state index contributed by atoms with van der Waals surface area (Å²) in [5, 5.41) is 7.00. The molecule has 3 N–H and O–H groups in total. The summed E-state index contributed by atoms with van der Waals surface area (Å²) in [6.45, 7) is 1.96. The Kier molecular flexibility index (Phi) is 4.63. The predicted octanol–water partition coefficient (Wildman–Crippen LogP) is 3.54. The number of hydrogen-bond acceptors (Lipinski definition) is 8. The van der Waals surface area contributed by atoms with E-state index in [2.05, 4.69) is 30.4 Å². The highest BCUT2D eigenvalue weighted by molar-refractivity contribution is 5.73. The number of nitrogen functional groups attached to an aromatic ring is 1. The minimum Gasteiger partial charge on any atom is -0.383 e. The van der Waals surface area contributed by atoms with Crippen LogP contribution in [0.15, 0.2) is 59.8 Å². The SMILES string of the molecule is CC(c1ccc(F)cc1)c1c(-c2ncon2)cc(Nc2cnccn2)nc1N. The van der Waals surface area contributed by atoms with Crippen LogP contribution in [0.1, 0.15) is 24.0 Å². The van der Waals surface area contributed by atoms with Gasteiger partial charge in [-0.05, 0) is 23.8 Å². The van der Waals surface area contributed by atoms with Gasteiger partial charge >= 0.3 is 0 Å². The van der Waals surface area contributed by atoms with Crippen molar-refractivity contribution >= 4 is 17.5 Å². The zero-order valence-corrected chi connectivity index (χ0v) is 14.9. The van der Waals surface area contributed by atoms with Crippen molar-refractivity contribution < 1.29 is 8.91 Å². The minimum absolute atomic E-state index is 0.174. The molecule has 0 aliphatic heterocycles. The number of anilines is 3. The number of nitrogens with two attached hydrogens (primary N) is 1. The lowest BCUT2D eigenvalue weighted by Crippen LogP contribution is -2.09. The third kappa shape index (κ3) is 3.50. The Hall–Kier alpha value is -3.88. The zero-order valence-electron chi connectivity index (χ0n) is 14.9. The van der Waals surface area contributed by atoms with Crippen molar-refractivity contribution in [2.75, 3.05) is 11.1 Å². The number of aromatic nitrogens is 5. The average Bonchev–Trinajstić information content (AvgIpc) is 3.23. The van der Waals surface area contributed by atoms with E-state index < -0.39 is 0 Å². The number of hydrogen-bond donors (Lipinski definition) is 2. The topological polar surface area (TPSA) is 116 Å². The zero-order chi connectivity index (χ0) is 19.5. The van der Waals surface area contributed by atoms with Gasteiger partial charge in [0.2, 0.25) is 12.2 Å². The number of pyridine rings is 1. The normalized spacial score (nSPS) is 11.9. The van der Waals surface area contributed by atoms with Crippen molar-refractivity contribution in [3.63, 3.8) is 0 Å². The van der Waals surface area contributed by atoms with Gasteiger partial charge in [-0.2, -0.15) is 4.98 Å². The fourth-order valence-electron chi connectivity index (χ4n) is 2.98. The van der Waals surface area contributed by atoms with Crippen LogP contribution < -0.4 is 11.1 Å². The van der Waals surface area contributed by atoms with Crippen LogP contribution in [0.2, 0.25) is 0 Å². The largest absolute Gasteiger partial charge is 0.383 e. The fourth-order valence-corrected chi connectivity index (χ4v) is 2.98. The van der Waals surface area contributed by atoms with Crippen LogP contribution in [0.5, 0.6) is 0 Å². The van der Waals surface area contributed by atoms with E-state index in [9.17, 15) is 4.39 Å². The molecule has 4 aromatic rings. The lowest BCUT2D eigenvalue weighted by Gasteiger charge is -2.19. The number of nitrogens with one attached hydrogen (secondary N) is 1. The molecule has 1 unspecified atom stereocenters. The molecule has 4 rings (SSSR count). The Morgan fingerprint density at radius 1 is 1.11 bits per heavy atom. The molecule has 0 aliphatic rings. The summed E-state index contributed by atoms with van der Waals surface area (Å²) in [4.78, 5) is 16.8. The monoisotopic (exact) mass is 377 g/mol. The molecule has 0 saturated carbocycles. The highest BCUT2D eigenvalue weighted by Crippen LogP contribution is 2.37. The smallest absolute Gasteiger partial charge is 0.214 e. The van der Waals surface area contributed by atoms with Crippen LogP contribution >= 0.6 is 0 Å². The van der Waals surface area contributed by atoms with Gasteiger partial charge in [0.25, 0.3) is 0 Å². The minimum atomic E-state index is -0.302. The van der Waals surface area contributed by atoms with E-state index in [-0.39, 0.29) is 11.7 Å². The summed E-state index contributed by atoms with van der Waals surface area (Å²) in [5.74, 6) is 1.18. The Morgan fingerprint density at radius 3 is 2.61 bits per heavy atom. The van der Waals surface area contributed by atoms with Crippen molar-refractivity contribution in [3.8, 4) is 11.4 Å². The second kappa shape index (κ2) is 7.39. The Morgan fingerprint density at radius 2 is 1.93 bits per heavy atom. The van der Waals surface area contributed by atoms with Crippen molar-refractivity contribution in [3.05, 3.63) is 72.3 Å². The van der Waals surface area contributed by atoms with Gasteiger partial charge in [0, 0.05) is 29.4 Å². The Balaban J connectivity index is 1.80. The van der Waals surface area contributed by atoms with Crippen molar-refractivity contribution in [2.24, 2.45) is 0 Å². The Bertz CT molecular complexity index is 1070. The number of nitrogens with zero attached hydrogens (tertiary/aromatic N) is 5. The maximum absolute atomic E-state index is 13.3. The van der Waals surface area contributed by atoms with E-state index in [1.807, 2.05) is 6.92 Å². The molecule has 1 atom stereocenters. The lowest BCUT2D eigenvalue weighted by atomic mass is 9.89. The van der Waals surface area contributed by atoms with Crippen LogP contribution in [0.4, 0.5) is 21.8 Å². The summed E-state index contributed by atoms with van der Waals surface area (Å²) >= 11 is 0. The first-order valence-electron chi connectivity index (χ1n) is 8.47. The Labute approximate surface area is 159 Å². The second-order valence-corrected chi connectivity index (χ2v) is 6.10. The van der Waals surface area contributed by atoms with Crippen molar-refractivity contribution in [2.45, 2.75) is 12.8 Å². The third-order valence-corrected chi connectivity index (χ3v) is 4.31. The molecule has 1 aromatic carbocycles. The summed E-state index contributed by atoms with van der Waals surface area (Å²) in [7, 11) is 0. The van der Waals surface area contributed by atoms with Gasteiger partial charge in [0.05, 0.1) is 6.20 Å². The van der Waals surface area contributed by atoms with E-state index in [1.165, 1.54) is 18.5 Å². The first-order valence-corrected chi connectivity index (χ1v) is 8.47. The fraction of sp³-hybridized carbons (Fsp3) is 0.105. The van der Waals surface area contributed by atoms with Gasteiger partial charge < -0.3 is 15.6 Å². The van der Waals surface area contributed by atoms with Crippen LogP contribution in [-0.4, -0.2) is 25.1 Å². The summed E-state index contributed by atoms with van der Waals surface area (Å²) < 4.78 is 18.2. The molecule has 8 nitrogen and oxygen atoms in total. The van der Waals surface area contributed by atoms with Crippen LogP contribution in [0.25, 0.3) is 11.4 Å². The van der Waals surface area contributed by atoms with E-state index >= 15 is 0 Å². The molecule has 28 heavy (non-hydrogen) atoms. The molecule has 0 bridgehead atoms. The van der Waals surface area contributed by atoms with Crippen LogP contribution in [0.3, 0.4) is 0 Å². The van der Waals surface area contributed by atoms with Gasteiger partial charge in [-0.15, -0.1) is 0 Å². The molecular weight excluding hydrogens is 361 g/mol. The number of halogens is 1. The second-order valence-electron chi connectivity index (χ2n) is 6.10. The average molecular weight is 377 g/mol. The molecule has 0 aliphatic carbocycles. The molecule has 0 amide bonds. The van der Waals surface area contributed by atoms with Crippen molar-refractivity contribution in [1.29, 1.82) is 0 Å². The molecule has 0 radical (unpaired) electrons. The number of benzene rings is 1. The van der Waals surface area contributed by atoms with Gasteiger partial charge in [0.1, 0.15) is 23.3 Å². The first-order chi connectivity index (χ1) is 13.6. The predicted molar refractivity (Wildman–Crippen MR) is 101 cm³/mol. The van der Waals surface area contributed by atoms with E-state index in [4.69, 9.17) is 10.3 Å². The molecular formula is C19H16FN7O. The van der Waals surface area contributed by atoms with Crippen molar-refractivity contribution in [1.82, 2.24) is 25.1 Å². The van der Waals surface area contributed by atoms with Gasteiger partial charge in [-0.3, -0.25) is 4.98 Å². The maximum atomic E-state index is 13.3. The standard InChI is InChI=1S/C19H16FN7O/c1-11(12-2-4-13(20)5-3-12)17-14(19-24-10-28-27-19)8-15(26-18(17)21)25-16-9-22-6-7-23-16/h2-11H,1H3,(H3,21,23,25,26). The molecule has 0 spiro atoms. The summed E-state index contributed by atoms with van der Waals surface area (Å²) in [6, 6.07) is 8.02. The van der Waals surface area contributed by atoms with E-state index in [0.29, 0.717) is 28.8 Å². The summed E-state index contributed by atoms with van der Waals surface area (Å²) in [5.41, 5.74) is 8.56. The number of rotatable bonds is 5. The van der Waals surface area contributed by atoms with Gasteiger partial charge in [-0.25, -0.2) is 14.4 Å².